The number of hydrogen-bond donors (Lipinski definition) is 2. The van der Waals surface area contributed by atoms with E-state index in [0.717, 1.165) is 5.56 Å². The molecule has 0 aliphatic rings. The fourth-order valence-corrected chi connectivity index (χ4v) is 3.80. The molecule has 144 valence electrons. The van der Waals surface area contributed by atoms with E-state index in [0.29, 0.717) is 15.7 Å². The maximum atomic E-state index is 12.3. The molecule has 6 nitrogen and oxygen atoms in total. The molecule has 9 heteroatoms. The van der Waals surface area contributed by atoms with Gasteiger partial charge in [0, 0.05) is 35.9 Å². The topological polar surface area (TPSA) is 78.5 Å². The standard InChI is InChI=1S/C18H19Cl2N3O3S/c1-3-10-23(2)27(25,26)16-8-6-15(7-9-16)22-18(24)21-12-13-4-5-14(19)11-17(13)20/h3-9,11H,1,10,12H2,2H3,(H2,21,22,24). The van der Waals surface area contributed by atoms with Gasteiger partial charge in [0.15, 0.2) is 0 Å². The molecule has 0 saturated heterocycles. The van der Waals surface area contributed by atoms with Crippen LogP contribution in [0.1, 0.15) is 5.56 Å². The Morgan fingerprint density at radius 3 is 2.44 bits per heavy atom. The smallest absolute Gasteiger partial charge is 0.319 e. The van der Waals surface area contributed by atoms with Gasteiger partial charge in [0.05, 0.1) is 4.90 Å². The number of carbonyl (C=O) groups is 1. The zero-order chi connectivity index (χ0) is 20.0. The lowest BCUT2D eigenvalue weighted by Crippen LogP contribution is -2.28. The summed E-state index contributed by atoms with van der Waals surface area (Å²) in [5.41, 5.74) is 1.18. The highest BCUT2D eigenvalue weighted by atomic mass is 35.5. The lowest BCUT2D eigenvalue weighted by atomic mass is 10.2. The molecule has 0 atom stereocenters. The van der Waals surface area contributed by atoms with Crippen LogP contribution in [0.4, 0.5) is 10.5 Å². The molecule has 0 unspecified atom stereocenters. The Kier molecular flexibility index (Phi) is 7.26. The molecule has 2 N–H and O–H groups in total. The van der Waals surface area contributed by atoms with E-state index in [2.05, 4.69) is 17.2 Å². The summed E-state index contributed by atoms with van der Waals surface area (Å²) in [5.74, 6) is 0. The molecule has 0 heterocycles. The minimum atomic E-state index is -3.59. The van der Waals surface area contributed by atoms with Crippen LogP contribution >= 0.6 is 23.2 Å². The van der Waals surface area contributed by atoms with Crippen LogP contribution in [0.25, 0.3) is 0 Å². The summed E-state index contributed by atoms with van der Waals surface area (Å²) in [6.45, 7) is 3.96. The van der Waals surface area contributed by atoms with E-state index in [1.807, 2.05) is 0 Å². The van der Waals surface area contributed by atoms with Crippen LogP contribution in [-0.2, 0) is 16.6 Å². The number of nitrogens with zero attached hydrogens (tertiary/aromatic N) is 1. The van der Waals surface area contributed by atoms with Crippen LogP contribution in [0.2, 0.25) is 10.0 Å². The number of nitrogens with one attached hydrogen (secondary N) is 2. The Morgan fingerprint density at radius 2 is 1.85 bits per heavy atom. The van der Waals surface area contributed by atoms with Crippen molar-refractivity contribution in [3.63, 3.8) is 0 Å². The number of halogens is 2. The second kappa shape index (κ2) is 9.23. The molecule has 0 aromatic heterocycles. The molecule has 0 aliphatic carbocycles. The third-order valence-electron chi connectivity index (χ3n) is 3.66. The third-order valence-corrected chi connectivity index (χ3v) is 6.09. The molecule has 2 amide bonds. The SMILES string of the molecule is C=CCN(C)S(=O)(=O)c1ccc(NC(=O)NCc2ccc(Cl)cc2Cl)cc1. The van der Waals surface area contributed by atoms with Gasteiger partial charge in [-0.15, -0.1) is 6.58 Å². The van der Waals surface area contributed by atoms with Crippen molar-refractivity contribution in [3.05, 3.63) is 70.7 Å². The molecule has 0 aliphatic heterocycles. The number of urea groups is 1. The minimum Gasteiger partial charge on any atom is -0.334 e. The van der Waals surface area contributed by atoms with E-state index in [1.165, 1.54) is 41.7 Å². The van der Waals surface area contributed by atoms with E-state index < -0.39 is 16.1 Å². The van der Waals surface area contributed by atoms with Crippen LogP contribution < -0.4 is 10.6 Å². The second-order valence-electron chi connectivity index (χ2n) is 5.64. The van der Waals surface area contributed by atoms with E-state index >= 15 is 0 Å². The average Bonchev–Trinajstić information content (AvgIpc) is 2.61. The minimum absolute atomic E-state index is 0.130. The predicted molar refractivity (Wildman–Crippen MR) is 109 cm³/mol. The summed E-state index contributed by atoms with van der Waals surface area (Å²) < 4.78 is 25.8. The lowest BCUT2D eigenvalue weighted by molar-refractivity contribution is 0.251. The van der Waals surface area contributed by atoms with Gasteiger partial charge in [0.25, 0.3) is 0 Å². The van der Waals surface area contributed by atoms with Gasteiger partial charge in [-0.3, -0.25) is 0 Å². The van der Waals surface area contributed by atoms with Crippen molar-refractivity contribution in [1.82, 2.24) is 9.62 Å². The third kappa shape index (κ3) is 5.71. The van der Waals surface area contributed by atoms with E-state index in [1.54, 1.807) is 18.2 Å². The Hall–Kier alpha value is -2.06. The maximum absolute atomic E-state index is 12.3. The summed E-state index contributed by atoms with van der Waals surface area (Å²) >= 11 is 11.9. The van der Waals surface area contributed by atoms with E-state index in [-0.39, 0.29) is 18.0 Å². The Bertz CT molecular complexity index is 931. The van der Waals surface area contributed by atoms with Crippen LogP contribution in [0.5, 0.6) is 0 Å². The summed E-state index contributed by atoms with van der Waals surface area (Å²) in [7, 11) is -2.12. The molecule has 27 heavy (non-hydrogen) atoms. The normalized spacial score (nSPS) is 11.3. The summed E-state index contributed by atoms with van der Waals surface area (Å²) in [6.07, 6.45) is 1.50. The van der Waals surface area contributed by atoms with Crippen molar-refractivity contribution in [2.75, 3.05) is 18.9 Å². The molecule has 0 radical (unpaired) electrons. The average molecular weight is 428 g/mol. The van der Waals surface area contributed by atoms with Crippen LogP contribution in [-0.4, -0.2) is 32.3 Å². The molecule has 2 rings (SSSR count). The molecule has 2 aromatic rings. The Balaban J connectivity index is 1.97. The first-order valence-corrected chi connectivity index (χ1v) is 10.1. The van der Waals surface area contributed by atoms with Gasteiger partial charge in [-0.25, -0.2) is 13.2 Å². The number of sulfonamides is 1. The Labute approximate surface area is 168 Å². The van der Waals surface area contributed by atoms with Crippen molar-refractivity contribution in [2.24, 2.45) is 0 Å². The van der Waals surface area contributed by atoms with Gasteiger partial charge < -0.3 is 10.6 Å². The van der Waals surface area contributed by atoms with Crippen molar-refractivity contribution < 1.29 is 13.2 Å². The lowest BCUT2D eigenvalue weighted by Gasteiger charge is -2.15. The molecule has 0 saturated carbocycles. The van der Waals surface area contributed by atoms with Gasteiger partial charge in [-0.05, 0) is 42.0 Å². The first-order valence-electron chi connectivity index (χ1n) is 7.90. The second-order valence-corrected chi connectivity index (χ2v) is 8.53. The summed E-state index contributed by atoms with van der Waals surface area (Å²) in [4.78, 5) is 12.1. The number of hydrogen-bond acceptors (Lipinski definition) is 3. The van der Waals surface area contributed by atoms with Gasteiger partial charge in [-0.1, -0.05) is 35.3 Å². The largest absolute Gasteiger partial charge is 0.334 e. The maximum Gasteiger partial charge on any atom is 0.319 e. The fraction of sp³-hybridized carbons (Fsp3) is 0.167. The number of anilines is 1. The van der Waals surface area contributed by atoms with Gasteiger partial charge in [0.1, 0.15) is 0 Å². The van der Waals surface area contributed by atoms with Crippen LogP contribution in [0.3, 0.4) is 0 Å². The van der Waals surface area contributed by atoms with Gasteiger partial charge >= 0.3 is 6.03 Å². The van der Waals surface area contributed by atoms with Gasteiger partial charge in [0.2, 0.25) is 10.0 Å². The number of amides is 2. The highest BCUT2D eigenvalue weighted by molar-refractivity contribution is 7.89. The molecular weight excluding hydrogens is 409 g/mol. The summed E-state index contributed by atoms with van der Waals surface area (Å²) in [5, 5.41) is 6.28. The highest BCUT2D eigenvalue weighted by Crippen LogP contribution is 2.21. The molecule has 0 bridgehead atoms. The monoisotopic (exact) mass is 427 g/mol. The molecule has 0 fully saturated rings. The van der Waals surface area contributed by atoms with E-state index in [4.69, 9.17) is 23.2 Å². The van der Waals surface area contributed by atoms with Crippen LogP contribution in [0.15, 0.2) is 60.0 Å². The fourth-order valence-electron chi connectivity index (χ4n) is 2.19. The number of likely N-dealkylation sites (N-methyl/N-ethyl adjacent to an activating group) is 1. The highest BCUT2D eigenvalue weighted by Gasteiger charge is 2.19. The number of rotatable bonds is 7. The quantitative estimate of drug-likeness (QED) is 0.652. The number of benzene rings is 2. The zero-order valence-electron chi connectivity index (χ0n) is 14.6. The molecular formula is C18H19Cl2N3O3S. The van der Waals surface area contributed by atoms with Crippen molar-refractivity contribution in [3.8, 4) is 0 Å². The van der Waals surface area contributed by atoms with Crippen LogP contribution in [0, 0.1) is 0 Å². The predicted octanol–water partition coefficient (Wildman–Crippen LogP) is 4.12. The van der Waals surface area contributed by atoms with Gasteiger partial charge in [-0.2, -0.15) is 4.31 Å². The van der Waals surface area contributed by atoms with E-state index in [9.17, 15) is 13.2 Å². The first-order chi connectivity index (χ1) is 12.7. The molecule has 0 spiro atoms. The first kappa shape index (κ1) is 21.2. The Morgan fingerprint density at radius 1 is 1.19 bits per heavy atom. The van der Waals surface area contributed by atoms with Crippen molar-refractivity contribution in [1.29, 1.82) is 0 Å². The molecule has 2 aromatic carbocycles. The van der Waals surface area contributed by atoms with Crippen molar-refractivity contribution >= 4 is 44.9 Å². The zero-order valence-corrected chi connectivity index (χ0v) is 16.9. The van der Waals surface area contributed by atoms with Crippen molar-refractivity contribution in [2.45, 2.75) is 11.4 Å². The number of carbonyl (C=O) groups excluding carboxylic acids is 1. The summed E-state index contributed by atoms with van der Waals surface area (Å²) in [6, 6.07) is 10.5.